The summed E-state index contributed by atoms with van der Waals surface area (Å²) in [5, 5.41) is 6.72. The lowest BCUT2D eigenvalue weighted by molar-refractivity contribution is 0.226. The van der Waals surface area contributed by atoms with Crippen LogP contribution in [0.25, 0.3) is 0 Å². The highest BCUT2D eigenvalue weighted by atomic mass is 35.5. The van der Waals surface area contributed by atoms with Crippen molar-refractivity contribution in [3.63, 3.8) is 0 Å². The second kappa shape index (κ2) is 8.86. The highest BCUT2D eigenvalue weighted by molar-refractivity contribution is 6.30. The van der Waals surface area contributed by atoms with Crippen molar-refractivity contribution in [3.05, 3.63) is 64.9 Å². The van der Waals surface area contributed by atoms with Crippen LogP contribution in [0.2, 0.25) is 5.02 Å². The van der Waals surface area contributed by atoms with E-state index in [0.29, 0.717) is 17.5 Å². The number of hydrogen-bond donors (Lipinski definition) is 2. The van der Waals surface area contributed by atoms with Gasteiger partial charge in [-0.25, -0.2) is 4.79 Å². The smallest absolute Gasteiger partial charge is 0.315 e. The van der Waals surface area contributed by atoms with E-state index in [9.17, 15) is 4.79 Å². The molecule has 2 aromatic rings. The summed E-state index contributed by atoms with van der Waals surface area (Å²) in [6, 6.07) is 11.8. The zero-order valence-electron chi connectivity index (χ0n) is 14.2. The van der Waals surface area contributed by atoms with Gasteiger partial charge < -0.3 is 10.6 Å². The fraction of sp³-hybridized carbons (Fsp3) is 0.400. The van der Waals surface area contributed by atoms with E-state index in [1.807, 2.05) is 42.7 Å². The Hall–Kier alpha value is -2.07. The highest BCUT2D eigenvalue weighted by Crippen LogP contribution is 2.27. The summed E-state index contributed by atoms with van der Waals surface area (Å²) < 4.78 is 0. The molecule has 1 aliphatic carbocycles. The van der Waals surface area contributed by atoms with Gasteiger partial charge in [0.2, 0.25) is 0 Å². The number of rotatable bonds is 5. The molecule has 132 valence electrons. The van der Waals surface area contributed by atoms with Gasteiger partial charge in [0.15, 0.2) is 0 Å². The maximum absolute atomic E-state index is 12.1. The zero-order chi connectivity index (χ0) is 17.5. The van der Waals surface area contributed by atoms with Crippen molar-refractivity contribution in [2.45, 2.75) is 44.7 Å². The molecule has 0 atom stereocenters. The van der Waals surface area contributed by atoms with Gasteiger partial charge in [0, 0.05) is 30.0 Å². The Morgan fingerprint density at radius 2 is 1.84 bits per heavy atom. The van der Waals surface area contributed by atoms with E-state index in [0.717, 1.165) is 37.7 Å². The van der Waals surface area contributed by atoms with Crippen molar-refractivity contribution in [3.8, 4) is 0 Å². The molecule has 0 radical (unpaired) electrons. The largest absolute Gasteiger partial charge is 0.335 e. The summed E-state index contributed by atoms with van der Waals surface area (Å²) >= 11 is 5.86. The molecular formula is C20H24ClN3O. The third kappa shape index (κ3) is 5.75. The van der Waals surface area contributed by atoms with Gasteiger partial charge in [-0.1, -0.05) is 29.8 Å². The molecule has 4 nitrogen and oxygen atoms in total. The van der Waals surface area contributed by atoms with Crippen LogP contribution in [0.15, 0.2) is 48.8 Å². The number of halogens is 1. The summed E-state index contributed by atoms with van der Waals surface area (Å²) in [6.07, 6.45) is 9.23. The van der Waals surface area contributed by atoms with Gasteiger partial charge in [0.05, 0.1) is 0 Å². The van der Waals surface area contributed by atoms with Crippen LogP contribution < -0.4 is 10.6 Å². The molecule has 1 aromatic heterocycles. The Kier molecular flexibility index (Phi) is 6.29. The zero-order valence-corrected chi connectivity index (χ0v) is 15.0. The Balaban J connectivity index is 1.36. The molecule has 0 unspecified atom stereocenters. The SMILES string of the molecule is O=C(NCc1ccc(Cl)cc1)NC1CCC(Cc2cccnc2)CC1. The topological polar surface area (TPSA) is 54.0 Å². The predicted molar refractivity (Wildman–Crippen MR) is 101 cm³/mol. The molecule has 2 N–H and O–H groups in total. The van der Waals surface area contributed by atoms with Crippen molar-refractivity contribution in [2.75, 3.05) is 0 Å². The van der Waals surface area contributed by atoms with Crippen molar-refractivity contribution in [1.29, 1.82) is 0 Å². The Morgan fingerprint density at radius 3 is 2.52 bits per heavy atom. The second-order valence-electron chi connectivity index (χ2n) is 6.74. The van der Waals surface area contributed by atoms with Gasteiger partial charge in [-0.15, -0.1) is 0 Å². The molecule has 1 aromatic carbocycles. The summed E-state index contributed by atoms with van der Waals surface area (Å²) in [4.78, 5) is 16.2. The first-order valence-electron chi connectivity index (χ1n) is 8.87. The molecule has 1 saturated carbocycles. The molecule has 1 fully saturated rings. The third-order valence-corrected chi connectivity index (χ3v) is 5.05. The molecule has 25 heavy (non-hydrogen) atoms. The van der Waals surface area contributed by atoms with Gasteiger partial charge >= 0.3 is 6.03 Å². The molecule has 0 saturated heterocycles. The van der Waals surface area contributed by atoms with E-state index in [1.165, 1.54) is 5.56 Å². The predicted octanol–water partition coefficient (Wildman–Crippen LogP) is 4.34. The molecule has 5 heteroatoms. The van der Waals surface area contributed by atoms with Crippen LogP contribution in [0.3, 0.4) is 0 Å². The second-order valence-corrected chi connectivity index (χ2v) is 7.17. The van der Waals surface area contributed by atoms with Crippen LogP contribution in [0.4, 0.5) is 4.79 Å². The number of pyridine rings is 1. The monoisotopic (exact) mass is 357 g/mol. The fourth-order valence-electron chi connectivity index (χ4n) is 3.38. The van der Waals surface area contributed by atoms with E-state index < -0.39 is 0 Å². The van der Waals surface area contributed by atoms with Crippen molar-refractivity contribution < 1.29 is 4.79 Å². The molecule has 3 rings (SSSR count). The molecule has 1 heterocycles. The normalized spacial score (nSPS) is 20.0. The number of carbonyl (C=O) groups excluding carboxylic acids is 1. The summed E-state index contributed by atoms with van der Waals surface area (Å²) in [6.45, 7) is 0.513. The molecule has 1 aliphatic rings. The highest BCUT2D eigenvalue weighted by Gasteiger charge is 2.22. The molecular weight excluding hydrogens is 334 g/mol. The average molecular weight is 358 g/mol. The minimum atomic E-state index is -0.0920. The van der Waals surface area contributed by atoms with Crippen LogP contribution >= 0.6 is 11.6 Å². The number of carbonyl (C=O) groups is 1. The number of hydrogen-bond acceptors (Lipinski definition) is 2. The molecule has 0 aliphatic heterocycles. The molecule has 0 spiro atoms. The first-order chi connectivity index (χ1) is 12.2. The van der Waals surface area contributed by atoms with Crippen LogP contribution in [-0.4, -0.2) is 17.1 Å². The Labute approximate surface area is 154 Å². The van der Waals surface area contributed by atoms with E-state index in [1.54, 1.807) is 0 Å². The van der Waals surface area contributed by atoms with Crippen molar-refractivity contribution in [1.82, 2.24) is 15.6 Å². The fourth-order valence-corrected chi connectivity index (χ4v) is 3.51. The quantitative estimate of drug-likeness (QED) is 0.836. The number of urea groups is 1. The first kappa shape index (κ1) is 17.7. The minimum Gasteiger partial charge on any atom is -0.335 e. The van der Waals surface area contributed by atoms with E-state index in [4.69, 9.17) is 11.6 Å². The maximum Gasteiger partial charge on any atom is 0.315 e. The Bertz CT molecular complexity index is 667. The number of amides is 2. The molecule has 0 bridgehead atoms. The van der Waals surface area contributed by atoms with Crippen LogP contribution in [-0.2, 0) is 13.0 Å². The number of nitrogens with zero attached hydrogens (tertiary/aromatic N) is 1. The first-order valence-corrected chi connectivity index (χ1v) is 9.24. The van der Waals surface area contributed by atoms with Gasteiger partial charge in [-0.05, 0) is 67.3 Å². The summed E-state index contributed by atoms with van der Waals surface area (Å²) in [5.41, 5.74) is 2.35. The van der Waals surface area contributed by atoms with E-state index in [2.05, 4.69) is 21.7 Å². The van der Waals surface area contributed by atoms with Gasteiger partial charge in [-0.3, -0.25) is 4.98 Å². The maximum atomic E-state index is 12.1. The Morgan fingerprint density at radius 1 is 1.08 bits per heavy atom. The third-order valence-electron chi connectivity index (χ3n) is 4.80. The number of nitrogens with one attached hydrogen (secondary N) is 2. The summed E-state index contributed by atoms with van der Waals surface area (Å²) in [7, 11) is 0. The van der Waals surface area contributed by atoms with Gasteiger partial charge in [0.25, 0.3) is 0 Å². The lowest BCUT2D eigenvalue weighted by atomic mass is 9.83. The standard InChI is InChI=1S/C20H24ClN3O/c21-18-7-3-16(4-8-18)14-23-20(25)24-19-9-5-15(6-10-19)12-17-2-1-11-22-13-17/h1-4,7-8,11,13,15,19H,5-6,9-10,12,14H2,(H2,23,24,25). The van der Waals surface area contributed by atoms with Crippen molar-refractivity contribution in [2.24, 2.45) is 5.92 Å². The van der Waals surface area contributed by atoms with E-state index >= 15 is 0 Å². The number of benzene rings is 1. The molecule has 2 amide bonds. The minimum absolute atomic E-state index is 0.0920. The van der Waals surface area contributed by atoms with Crippen LogP contribution in [0.1, 0.15) is 36.8 Å². The van der Waals surface area contributed by atoms with Crippen LogP contribution in [0, 0.1) is 5.92 Å². The van der Waals surface area contributed by atoms with E-state index in [-0.39, 0.29) is 12.1 Å². The van der Waals surface area contributed by atoms with Crippen molar-refractivity contribution >= 4 is 17.6 Å². The van der Waals surface area contributed by atoms with Crippen LogP contribution in [0.5, 0.6) is 0 Å². The lowest BCUT2D eigenvalue weighted by Gasteiger charge is -2.29. The van der Waals surface area contributed by atoms with Gasteiger partial charge in [0.1, 0.15) is 0 Å². The summed E-state index contributed by atoms with van der Waals surface area (Å²) in [5.74, 6) is 0.694. The van der Waals surface area contributed by atoms with Gasteiger partial charge in [-0.2, -0.15) is 0 Å². The number of aromatic nitrogens is 1. The average Bonchev–Trinajstić information content (AvgIpc) is 2.64. The lowest BCUT2D eigenvalue weighted by Crippen LogP contribution is -2.43.